The molecule has 0 aliphatic heterocycles. The van der Waals surface area contributed by atoms with Crippen LogP contribution in [0, 0.1) is 11.8 Å². The Morgan fingerprint density at radius 3 is 2.25 bits per heavy atom. The van der Waals surface area contributed by atoms with Crippen LogP contribution in [0.2, 0.25) is 0 Å². The summed E-state index contributed by atoms with van der Waals surface area (Å²) >= 11 is 0. The summed E-state index contributed by atoms with van der Waals surface area (Å²) in [6, 6.07) is 9.11. The number of nitrogens with zero attached hydrogens (tertiary/aromatic N) is 1. The van der Waals surface area contributed by atoms with Gasteiger partial charge in [-0.2, -0.15) is 4.39 Å². The summed E-state index contributed by atoms with van der Waals surface area (Å²) in [4.78, 5) is 3.46. The highest BCUT2D eigenvalue weighted by Crippen LogP contribution is 2.09. The first-order valence-corrected chi connectivity index (χ1v) is 4.79. The minimum atomic E-state index is -0.513. The van der Waals surface area contributed by atoms with Crippen LogP contribution in [0.1, 0.15) is 11.1 Å². The molecule has 1 aromatic heterocycles. The Morgan fingerprint density at radius 2 is 1.56 bits per heavy atom. The van der Waals surface area contributed by atoms with E-state index in [0.29, 0.717) is 0 Å². The maximum atomic E-state index is 12.8. The Morgan fingerprint density at radius 1 is 0.875 bits per heavy atom. The molecule has 0 atom stereocenters. The van der Waals surface area contributed by atoms with Gasteiger partial charge in [0.1, 0.15) is 5.82 Å². The lowest BCUT2D eigenvalue weighted by atomic mass is 10.1. The molecule has 0 aliphatic rings. The summed E-state index contributed by atoms with van der Waals surface area (Å²) in [5, 5.41) is 0. The second kappa shape index (κ2) is 4.66. The van der Waals surface area contributed by atoms with Crippen LogP contribution >= 0.6 is 0 Å². The van der Waals surface area contributed by atoms with Crippen LogP contribution in [0.15, 0.2) is 42.6 Å². The third-order valence-electron chi connectivity index (χ3n) is 2.09. The van der Waals surface area contributed by atoms with Crippen LogP contribution in [-0.2, 0) is 0 Å². The van der Waals surface area contributed by atoms with E-state index in [4.69, 9.17) is 0 Å². The molecule has 0 saturated carbocycles. The number of benzene rings is 1. The smallest absolute Gasteiger partial charge is 0.213 e. The number of halogens is 2. The van der Waals surface area contributed by atoms with Crippen LogP contribution in [-0.4, -0.2) is 4.98 Å². The summed E-state index contributed by atoms with van der Waals surface area (Å²) in [7, 11) is 0. The minimum Gasteiger partial charge on any atom is -0.228 e. The van der Waals surface area contributed by atoms with Gasteiger partial charge in [0, 0.05) is 12.3 Å². The molecular weight excluding hydrogens is 208 g/mol. The Labute approximate surface area is 92.1 Å². The van der Waals surface area contributed by atoms with Crippen LogP contribution in [0.4, 0.5) is 8.78 Å². The Balaban J connectivity index is 2.18. The van der Waals surface area contributed by atoms with E-state index < -0.39 is 5.95 Å². The quantitative estimate of drug-likeness (QED) is 0.701. The van der Waals surface area contributed by atoms with Gasteiger partial charge in [0.2, 0.25) is 5.95 Å². The van der Waals surface area contributed by atoms with Crippen molar-refractivity contribution in [1.29, 1.82) is 0 Å². The fourth-order valence-corrected chi connectivity index (χ4v) is 1.29. The lowest BCUT2D eigenvalue weighted by Crippen LogP contribution is -1.81. The number of pyridine rings is 1. The third-order valence-corrected chi connectivity index (χ3v) is 2.09. The molecule has 0 radical (unpaired) electrons. The zero-order valence-corrected chi connectivity index (χ0v) is 8.40. The first kappa shape index (κ1) is 10.5. The van der Waals surface area contributed by atoms with Gasteiger partial charge in [0.05, 0.1) is 0 Å². The zero-order chi connectivity index (χ0) is 11.4. The molecule has 0 aliphatic carbocycles. The van der Waals surface area contributed by atoms with Crippen molar-refractivity contribution in [1.82, 2.24) is 4.98 Å². The highest BCUT2D eigenvalue weighted by molar-refractivity contribution is 5.69. The molecule has 2 aromatic rings. The molecule has 3 heteroatoms. The first-order chi connectivity index (χ1) is 7.74. The van der Waals surface area contributed by atoms with Gasteiger partial charge in [0.15, 0.2) is 0 Å². The molecule has 1 nitrogen and oxygen atoms in total. The van der Waals surface area contributed by atoms with E-state index in [9.17, 15) is 8.78 Å². The maximum Gasteiger partial charge on any atom is 0.213 e. The van der Waals surface area contributed by atoms with E-state index in [1.54, 1.807) is 30.4 Å². The van der Waals surface area contributed by atoms with Crippen molar-refractivity contribution in [3.05, 3.63) is 65.5 Å². The normalized spacial score (nSPS) is 10.9. The average Bonchev–Trinajstić information content (AvgIpc) is 2.28. The summed E-state index contributed by atoms with van der Waals surface area (Å²) in [5.74, 6) is -0.784. The van der Waals surface area contributed by atoms with Gasteiger partial charge in [-0.3, -0.25) is 0 Å². The molecule has 0 bridgehead atoms. The largest absolute Gasteiger partial charge is 0.228 e. The molecule has 0 saturated heterocycles. The molecule has 16 heavy (non-hydrogen) atoms. The van der Waals surface area contributed by atoms with Gasteiger partial charge >= 0.3 is 0 Å². The molecular formula is C13H9F2N. The van der Waals surface area contributed by atoms with E-state index in [2.05, 4.69) is 4.98 Å². The van der Waals surface area contributed by atoms with E-state index in [0.717, 1.165) is 11.1 Å². The lowest BCUT2D eigenvalue weighted by Gasteiger charge is -1.94. The molecule has 80 valence electrons. The first-order valence-electron chi connectivity index (χ1n) is 4.79. The molecule has 1 aromatic carbocycles. The van der Waals surface area contributed by atoms with Crippen molar-refractivity contribution >= 4 is 12.2 Å². The fraction of sp³-hybridized carbons (Fsp3) is 0. The summed E-state index contributed by atoms with van der Waals surface area (Å²) in [5.41, 5.74) is 1.58. The molecule has 0 spiro atoms. The topological polar surface area (TPSA) is 12.9 Å². The second-order valence-electron chi connectivity index (χ2n) is 3.30. The minimum absolute atomic E-state index is 0.271. The SMILES string of the molecule is Fc1ccc(C=Cc2ccnc(F)c2)cc1. The van der Waals surface area contributed by atoms with Crippen molar-refractivity contribution in [2.45, 2.75) is 0 Å². The van der Waals surface area contributed by atoms with E-state index in [1.165, 1.54) is 24.4 Å². The van der Waals surface area contributed by atoms with Crippen LogP contribution < -0.4 is 0 Å². The molecule has 0 N–H and O–H groups in total. The average molecular weight is 217 g/mol. The van der Waals surface area contributed by atoms with Crippen molar-refractivity contribution < 1.29 is 8.78 Å². The fourth-order valence-electron chi connectivity index (χ4n) is 1.29. The highest BCUT2D eigenvalue weighted by Gasteiger charge is 1.92. The predicted octanol–water partition coefficient (Wildman–Crippen LogP) is 3.53. The standard InChI is InChI=1S/C13H9F2N/c14-12-5-3-10(4-6-12)1-2-11-7-8-16-13(15)9-11/h1-9H. The number of hydrogen-bond donors (Lipinski definition) is 0. The molecule has 2 rings (SSSR count). The molecule has 0 unspecified atom stereocenters. The predicted molar refractivity (Wildman–Crippen MR) is 59.5 cm³/mol. The van der Waals surface area contributed by atoms with Crippen LogP contribution in [0.3, 0.4) is 0 Å². The maximum absolute atomic E-state index is 12.8. The highest BCUT2D eigenvalue weighted by atomic mass is 19.1. The number of aromatic nitrogens is 1. The Bertz CT molecular complexity index is 504. The van der Waals surface area contributed by atoms with Crippen LogP contribution in [0.25, 0.3) is 12.2 Å². The zero-order valence-electron chi connectivity index (χ0n) is 8.40. The van der Waals surface area contributed by atoms with Gasteiger partial charge < -0.3 is 0 Å². The van der Waals surface area contributed by atoms with Crippen molar-refractivity contribution in [2.75, 3.05) is 0 Å². The van der Waals surface area contributed by atoms with Gasteiger partial charge in [-0.05, 0) is 29.3 Å². The summed E-state index contributed by atoms with van der Waals surface area (Å²) < 4.78 is 25.4. The molecule has 0 amide bonds. The molecule has 1 heterocycles. The summed E-state index contributed by atoms with van der Waals surface area (Å²) in [6.07, 6.45) is 4.94. The second-order valence-corrected chi connectivity index (χ2v) is 3.30. The number of rotatable bonds is 2. The third kappa shape index (κ3) is 2.73. The van der Waals surface area contributed by atoms with Gasteiger partial charge in [-0.15, -0.1) is 0 Å². The number of hydrogen-bond acceptors (Lipinski definition) is 1. The van der Waals surface area contributed by atoms with Crippen molar-refractivity contribution in [2.24, 2.45) is 0 Å². The van der Waals surface area contributed by atoms with E-state index in [1.807, 2.05) is 0 Å². The summed E-state index contributed by atoms with van der Waals surface area (Å²) in [6.45, 7) is 0. The Hall–Kier alpha value is -2.03. The van der Waals surface area contributed by atoms with Gasteiger partial charge in [0.25, 0.3) is 0 Å². The van der Waals surface area contributed by atoms with Gasteiger partial charge in [-0.25, -0.2) is 9.37 Å². The van der Waals surface area contributed by atoms with Crippen LogP contribution in [0.5, 0.6) is 0 Å². The van der Waals surface area contributed by atoms with Gasteiger partial charge in [-0.1, -0.05) is 24.3 Å². The van der Waals surface area contributed by atoms with E-state index >= 15 is 0 Å². The van der Waals surface area contributed by atoms with E-state index in [-0.39, 0.29) is 5.82 Å². The monoisotopic (exact) mass is 217 g/mol. The lowest BCUT2D eigenvalue weighted by molar-refractivity contribution is 0.583. The molecule has 0 fully saturated rings. The van der Waals surface area contributed by atoms with Crippen molar-refractivity contribution in [3.8, 4) is 0 Å². The Kier molecular flexibility index (Phi) is 3.05. The van der Waals surface area contributed by atoms with Crippen molar-refractivity contribution in [3.63, 3.8) is 0 Å².